The van der Waals surface area contributed by atoms with Gasteiger partial charge in [0.05, 0.1) is 19.8 Å². The molecule has 0 aliphatic carbocycles. The number of nitrogens with zero attached hydrogens (tertiary/aromatic N) is 2. The molecule has 0 radical (unpaired) electrons. The summed E-state index contributed by atoms with van der Waals surface area (Å²) in [5, 5.41) is 6.75. The fraction of sp³-hybridized carbons (Fsp3) is 0.650. The molecule has 1 heterocycles. The lowest BCUT2D eigenvalue weighted by molar-refractivity contribution is 0.0320. The Labute approximate surface area is 190 Å². The van der Waals surface area contributed by atoms with Crippen molar-refractivity contribution in [1.82, 2.24) is 15.5 Å². The number of guanidine groups is 1. The number of hydrogen-bond donors (Lipinski definition) is 2. The zero-order chi connectivity index (χ0) is 19.5. The van der Waals surface area contributed by atoms with E-state index in [4.69, 9.17) is 9.73 Å². The van der Waals surface area contributed by atoms with Crippen molar-refractivity contribution < 1.29 is 9.13 Å². The predicted molar refractivity (Wildman–Crippen MR) is 128 cm³/mol. The standard InChI is InChI=1S/C20H33FN4OS.HI/c1-4-22-20(23-12-16(2)14-25-7-9-26-10-8-25)24-13-17-5-6-19(21)11-18(17)15-27-3;/h5-6,11,16H,4,7-10,12-15H2,1-3H3,(H2,22,23,24);1H. The average molecular weight is 524 g/mol. The Morgan fingerprint density at radius 2 is 2.04 bits per heavy atom. The Hall–Kier alpha value is -0.580. The van der Waals surface area contributed by atoms with Crippen molar-refractivity contribution in [3.05, 3.63) is 35.1 Å². The highest BCUT2D eigenvalue weighted by Crippen LogP contribution is 2.17. The second kappa shape index (κ2) is 14.4. The van der Waals surface area contributed by atoms with Crippen LogP contribution in [0.25, 0.3) is 0 Å². The van der Waals surface area contributed by atoms with Crippen LogP contribution in [0.3, 0.4) is 0 Å². The molecule has 2 N–H and O–H groups in total. The molecule has 1 fully saturated rings. The predicted octanol–water partition coefficient (Wildman–Crippen LogP) is 3.33. The van der Waals surface area contributed by atoms with Crippen LogP contribution in [0.1, 0.15) is 25.0 Å². The van der Waals surface area contributed by atoms with E-state index in [1.165, 1.54) is 6.07 Å². The first-order valence-electron chi connectivity index (χ1n) is 9.70. The number of thioether (sulfide) groups is 1. The van der Waals surface area contributed by atoms with Crippen LogP contribution < -0.4 is 10.6 Å². The summed E-state index contributed by atoms with van der Waals surface area (Å²) in [7, 11) is 0. The maximum absolute atomic E-state index is 13.5. The van der Waals surface area contributed by atoms with Crippen LogP contribution in [0.5, 0.6) is 0 Å². The van der Waals surface area contributed by atoms with Crippen molar-refractivity contribution in [3.63, 3.8) is 0 Å². The van der Waals surface area contributed by atoms with Crippen LogP contribution in [0.4, 0.5) is 4.39 Å². The number of hydrogen-bond acceptors (Lipinski definition) is 4. The van der Waals surface area contributed by atoms with E-state index in [2.05, 4.69) is 29.4 Å². The summed E-state index contributed by atoms with van der Waals surface area (Å²) < 4.78 is 18.9. The summed E-state index contributed by atoms with van der Waals surface area (Å²) in [6.07, 6.45) is 2.03. The van der Waals surface area contributed by atoms with Gasteiger partial charge in [-0.2, -0.15) is 11.8 Å². The van der Waals surface area contributed by atoms with Crippen LogP contribution >= 0.6 is 35.7 Å². The van der Waals surface area contributed by atoms with Crippen LogP contribution in [0.2, 0.25) is 0 Å². The van der Waals surface area contributed by atoms with Gasteiger partial charge < -0.3 is 15.4 Å². The van der Waals surface area contributed by atoms with Gasteiger partial charge in [-0.25, -0.2) is 9.38 Å². The van der Waals surface area contributed by atoms with Crippen molar-refractivity contribution in [3.8, 4) is 0 Å². The number of ether oxygens (including phenoxy) is 1. The molecule has 28 heavy (non-hydrogen) atoms. The van der Waals surface area contributed by atoms with E-state index in [0.29, 0.717) is 12.5 Å². The normalized spacial score (nSPS) is 16.4. The minimum atomic E-state index is -0.186. The Balaban J connectivity index is 0.00000392. The molecular formula is C20H34FIN4OS. The molecule has 0 bridgehead atoms. The smallest absolute Gasteiger partial charge is 0.191 e. The van der Waals surface area contributed by atoms with Gasteiger partial charge in [0.15, 0.2) is 5.96 Å². The Morgan fingerprint density at radius 1 is 1.29 bits per heavy atom. The Morgan fingerprint density at radius 3 is 2.71 bits per heavy atom. The van der Waals surface area contributed by atoms with Crippen molar-refractivity contribution >= 4 is 41.7 Å². The minimum Gasteiger partial charge on any atom is -0.379 e. The summed E-state index contributed by atoms with van der Waals surface area (Å²) >= 11 is 1.69. The van der Waals surface area contributed by atoms with Gasteiger partial charge in [0.1, 0.15) is 5.82 Å². The third-order valence-electron chi connectivity index (χ3n) is 4.51. The highest BCUT2D eigenvalue weighted by molar-refractivity contribution is 14.0. The molecule has 0 amide bonds. The first kappa shape index (κ1) is 25.5. The van der Waals surface area contributed by atoms with Gasteiger partial charge in [-0.1, -0.05) is 13.0 Å². The molecule has 0 saturated carbocycles. The zero-order valence-corrected chi connectivity index (χ0v) is 20.3. The maximum atomic E-state index is 13.5. The molecule has 5 nitrogen and oxygen atoms in total. The molecule has 8 heteroatoms. The maximum Gasteiger partial charge on any atom is 0.191 e. The first-order chi connectivity index (χ1) is 13.1. The van der Waals surface area contributed by atoms with Gasteiger partial charge in [0.25, 0.3) is 0 Å². The largest absolute Gasteiger partial charge is 0.379 e. The molecule has 1 aliphatic heterocycles. The summed E-state index contributed by atoms with van der Waals surface area (Å²) in [5.41, 5.74) is 2.09. The van der Waals surface area contributed by atoms with E-state index < -0.39 is 0 Å². The molecule has 1 unspecified atom stereocenters. The minimum absolute atomic E-state index is 0. The van der Waals surface area contributed by atoms with E-state index in [0.717, 1.165) is 68.8 Å². The van der Waals surface area contributed by atoms with Gasteiger partial charge >= 0.3 is 0 Å². The van der Waals surface area contributed by atoms with Gasteiger partial charge in [0.2, 0.25) is 0 Å². The average Bonchev–Trinajstić information content (AvgIpc) is 2.66. The van der Waals surface area contributed by atoms with Gasteiger partial charge in [-0.15, -0.1) is 24.0 Å². The molecule has 1 aromatic carbocycles. The number of nitrogens with one attached hydrogen (secondary N) is 2. The monoisotopic (exact) mass is 524 g/mol. The molecule has 2 rings (SSSR count). The molecular weight excluding hydrogens is 490 g/mol. The third-order valence-corrected chi connectivity index (χ3v) is 5.11. The van der Waals surface area contributed by atoms with Crippen molar-refractivity contribution in [2.75, 3.05) is 52.2 Å². The van der Waals surface area contributed by atoms with Gasteiger partial charge in [-0.05, 0) is 42.4 Å². The molecule has 1 aromatic rings. The molecule has 1 saturated heterocycles. The van der Waals surface area contributed by atoms with Gasteiger partial charge in [-0.3, -0.25) is 4.90 Å². The SMILES string of the molecule is CCNC(=NCc1ccc(F)cc1CSC)NCC(C)CN1CCOCC1.I. The topological polar surface area (TPSA) is 48.9 Å². The van der Waals surface area contributed by atoms with E-state index in [-0.39, 0.29) is 29.8 Å². The van der Waals surface area contributed by atoms with E-state index >= 15 is 0 Å². The Bertz CT molecular complexity index is 600. The fourth-order valence-electron chi connectivity index (χ4n) is 3.10. The fourth-order valence-corrected chi connectivity index (χ4v) is 3.68. The number of benzene rings is 1. The van der Waals surface area contributed by atoms with Crippen LogP contribution in [-0.4, -0.2) is 63.1 Å². The first-order valence-corrected chi connectivity index (χ1v) is 11.1. The Kier molecular flexibility index (Phi) is 13.1. The lowest BCUT2D eigenvalue weighted by atomic mass is 10.1. The molecule has 160 valence electrons. The number of halogens is 2. The van der Waals surface area contributed by atoms with E-state index in [1.807, 2.05) is 12.3 Å². The van der Waals surface area contributed by atoms with Crippen molar-refractivity contribution in [2.24, 2.45) is 10.9 Å². The van der Waals surface area contributed by atoms with E-state index in [1.54, 1.807) is 17.8 Å². The highest BCUT2D eigenvalue weighted by Gasteiger charge is 2.14. The second-order valence-electron chi connectivity index (χ2n) is 6.94. The van der Waals surface area contributed by atoms with E-state index in [9.17, 15) is 4.39 Å². The number of rotatable bonds is 9. The van der Waals surface area contributed by atoms with Crippen molar-refractivity contribution in [1.29, 1.82) is 0 Å². The molecule has 0 aromatic heterocycles. The summed E-state index contributed by atoms with van der Waals surface area (Å²) in [5.74, 6) is 1.94. The van der Waals surface area contributed by atoms with Crippen LogP contribution in [0.15, 0.2) is 23.2 Å². The zero-order valence-electron chi connectivity index (χ0n) is 17.2. The van der Waals surface area contributed by atoms with Crippen LogP contribution in [-0.2, 0) is 17.0 Å². The van der Waals surface area contributed by atoms with Gasteiger partial charge in [0, 0.05) is 38.5 Å². The second-order valence-corrected chi connectivity index (χ2v) is 7.81. The summed E-state index contributed by atoms with van der Waals surface area (Å²) in [4.78, 5) is 7.16. The lowest BCUT2D eigenvalue weighted by Gasteiger charge is -2.29. The number of aliphatic imine (C=N–C) groups is 1. The number of morpholine rings is 1. The molecule has 1 atom stereocenters. The third kappa shape index (κ3) is 9.28. The lowest BCUT2D eigenvalue weighted by Crippen LogP contribution is -2.44. The molecule has 0 spiro atoms. The highest BCUT2D eigenvalue weighted by atomic mass is 127. The summed E-state index contributed by atoms with van der Waals surface area (Å²) in [6.45, 7) is 11.3. The van der Waals surface area contributed by atoms with Crippen LogP contribution in [0, 0.1) is 11.7 Å². The quantitative estimate of drug-likeness (QED) is 0.295. The molecule has 1 aliphatic rings. The summed E-state index contributed by atoms with van der Waals surface area (Å²) in [6, 6.07) is 4.97. The van der Waals surface area contributed by atoms with Crippen molar-refractivity contribution in [2.45, 2.75) is 26.1 Å².